The lowest BCUT2D eigenvalue weighted by molar-refractivity contribution is -0.140. The van der Waals surface area contributed by atoms with Crippen LogP contribution >= 0.6 is 15.9 Å². The fraction of sp³-hybridized carbons (Fsp3) is 0.375. The minimum Gasteiger partial charge on any atom is -0.469 e. The van der Waals surface area contributed by atoms with Crippen molar-refractivity contribution in [3.05, 3.63) is 21.2 Å². The molecule has 1 rings (SSSR count). The van der Waals surface area contributed by atoms with Crippen molar-refractivity contribution in [2.45, 2.75) is 6.42 Å². The molecule has 0 saturated carbocycles. The van der Waals surface area contributed by atoms with Crippen molar-refractivity contribution in [2.75, 3.05) is 19.0 Å². The van der Waals surface area contributed by atoms with Gasteiger partial charge in [0.05, 0.1) is 19.9 Å². The maximum atomic E-state index is 11.1. The van der Waals surface area contributed by atoms with Crippen molar-refractivity contribution in [2.24, 2.45) is 0 Å². The third-order valence-electron chi connectivity index (χ3n) is 1.65. The zero-order chi connectivity index (χ0) is 11.3. The summed E-state index contributed by atoms with van der Waals surface area (Å²) in [4.78, 5) is 28.2. The first-order chi connectivity index (χ1) is 7.15. The first kappa shape index (κ1) is 11.7. The molecule has 82 valence electrons. The number of rotatable bonds is 4. The number of esters is 1. The zero-order valence-corrected chi connectivity index (χ0v) is 9.63. The van der Waals surface area contributed by atoms with E-state index in [-0.39, 0.29) is 17.9 Å². The quantitative estimate of drug-likeness (QED) is 0.783. The normalized spacial score (nSPS) is 9.73. The number of nitrogens with zero attached hydrogens (tertiary/aromatic N) is 1. The molecule has 0 aromatic carbocycles. The predicted molar refractivity (Wildman–Crippen MR) is 57.7 cm³/mol. The lowest BCUT2D eigenvalue weighted by Gasteiger charge is -2.05. The lowest BCUT2D eigenvalue weighted by atomic mass is 10.4. The molecular formula is C8H10BrN3O3. The van der Waals surface area contributed by atoms with E-state index in [1.54, 1.807) is 0 Å². The number of hydrogen-bond donors (Lipinski definition) is 2. The van der Waals surface area contributed by atoms with Gasteiger partial charge in [-0.3, -0.25) is 9.59 Å². The Hall–Kier alpha value is -1.37. The average Bonchev–Trinajstić information content (AvgIpc) is 2.24. The number of anilines is 1. The van der Waals surface area contributed by atoms with Gasteiger partial charge < -0.3 is 15.0 Å². The second-order valence-electron chi connectivity index (χ2n) is 2.65. The first-order valence-electron chi connectivity index (χ1n) is 4.19. The third kappa shape index (κ3) is 3.35. The molecule has 0 aliphatic carbocycles. The Morgan fingerprint density at radius 2 is 2.47 bits per heavy atom. The van der Waals surface area contributed by atoms with Crippen LogP contribution in [0.15, 0.2) is 15.6 Å². The summed E-state index contributed by atoms with van der Waals surface area (Å²) >= 11 is 3.08. The summed E-state index contributed by atoms with van der Waals surface area (Å²) in [7, 11) is 1.32. The van der Waals surface area contributed by atoms with Gasteiger partial charge in [-0.15, -0.1) is 0 Å². The second kappa shape index (κ2) is 5.50. The van der Waals surface area contributed by atoms with Gasteiger partial charge in [0.15, 0.2) is 0 Å². The van der Waals surface area contributed by atoms with Crippen molar-refractivity contribution in [1.29, 1.82) is 0 Å². The summed E-state index contributed by atoms with van der Waals surface area (Å²) in [5, 5.41) is 2.84. The van der Waals surface area contributed by atoms with Crippen molar-refractivity contribution in [1.82, 2.24) is 9.97 Å². The molecule has 1 aromatic rings. The standard InChI is InChI=1S/C8H10BrN3O3/c1-15-5(13)2-3-10-7-6(9)8(14)12-4-11-7/h4H,2-3H2,1H3,(H2,10,11,12,14). The maximum absolute atomic E-state index is 11.1. The molecule has 0 bridgehead atoms. The van der Waals surface area contributed by atoms with E-state index in [0.717, 1.165) is 0 Å². The molecule has 0 atom stereocenters. The van der Waals surface area contributed by atoms with E-state index in [4.69, 9.17) is 0 Å². The number of methoxy groups -OCH3 is 1. The highest BCUT2D eigenvalue weighted by Gasteiger charge is 2.05. The largest absolute Gasteiger partial charge is 0.469 e. The molecule has 0 saturated heterocycles. The Kier molecular flexibility index (Phi) is 4.29. The highest BCUT2D eigenvalue weighted by Crippen LogP contribution is 2.12. The number of aromatic nitrogens is 2. The minimum atomic E-state index is -0.316. The first-order valence-corrected chi connectivity index (χ1v) is 4.98. The van der Waals surface area contributed by atoms with Gasteiger partial charge in [-0.25, -0.2) is 4.98 Å². The molecule has 0 aliphatic heterocycles. The number of aromatic amines is 1. The highest BCUT2D eigenvalue weighted by molar-refractivity contribution is 9.10. The van der Waals surface area contributed by atoms with Crippen molar-refractivity contribution < 1.29 is 9.53 Å². The van der Waals surface area contributed by atoms with Crippen LogP contribution in [0.4, 0.5) is 5.82 Å². The van der Waals surface area contributed by atoms with E-state index in [0.29, 0.717) is 16.8 Å². The lowest BCUT2D eigenvalue weighted by Crippen LogP contribution is -2.15. The Morgan fingerprint density at radius 1 is 1.73 bits per heavy atom. The molecule has 0 aliphatic rings. The number of nitrogens with one attached hydrogen (secondary N) is 2. The van der Waals surface area contributed by atoms with E-state index >= 15 is 0 Å². The molecule has 1 aromatic heterocycles. The SMILES string of the molecule is COC(=O)CCNc1nc[nH]c(=O)c1Br. The molecule has 1 heterocycles. The van der Waals surface area contributed by atoms with Crippen LogP contribution in [0.3, 0.4) is 0 Å². The third-order valence-corrected chi connectivity index (χ3v) is 2.38. The van der Waals surface area contributed by atoms with Gasteiger partial charge in [-0.2, -0.15) is 0 Å². The van der Waals surface area contributed by atoms with Crippen molar-refractivity contribution in [3.63, 3.8) is 0 Å². The summed E-state index contributed by atoms with van der Waals surface area (Å²) in [5.41, 5.74) is -0.273. The van der Waals surface area contributed by atoms with Crippen molar-refractivity contribution >= 4 is 27.7 Å². The molecule has 0 fully saturated rings. The monoisotopic (exact) mass is 275 g/mol. The molecule has 0 spiro atoms. The molecule has 0 unspecified atom stereocenters. The summed E-state index contributed by atoms with van der Waals surface area (Å²) in [6.07, 6.45) is 1.50. The van der Waals surface area contributed by atoms with Crippen LogP contribution in [0.25, 0.3) is 0 Å². The minimum absolute atomic E-state index is 0.220. The Morgan fingerprint density at radius 3 is 3.13 bits per heavy atom. The van der Waals surface area contributed by atoms with Gasteiger partial charge in [-0.05, 0) is 15.9 Å². The Bertz CT molecular complexity index is 404. The average molecular weight is 276 g/mol. The number of halogens is 1. The Balaban J connectivity index is 2.55. The van der Waals surface area contributed by atoms with Gasteiger partial charge in [0.2, 0.25) is 0 Å². The van der Waals surface area contributed by atoms with Gasteiger partial charge in [-0.1, -0.05) is 0 Å². The molecule has 0 amide bonds. The summed E-state index contributed by atoms with van der Waals surface area (Å²) in [6.45, 7) is 0.363. The van der Waals surface area contributed by atoms with Crippen LogP contribution < -0.4 is 10.9 Å². The van der Waals surface area contributed by atoms with Crippen LogP contribution in [0, 0.1) is 0 Å². The Labute approximate surface area is 94.2 Å². The predicted octanol–water partition coefficient (Wildman–Crippen LogP) is 0.507. The van der Waals surface area contributed by atoms with Crippen LogP contribution in [0.1, 0.15) is 6.42 Å². The summed E-state index contributed by atoms with van der Waals surface area (Å²) in [6, 6.07) is 0. The molecule has 7 heteroatoms. The smallest absolute Gasteiger partial charge is 0.307 e. The van der Waals surface area contributed by atoms with Gasteiger partial charge >= 0.3 is 5.97 Å². The van der Waals surface area contributed by atoms with E-state index < -0.39 is 0 Å². The molecule has 15 heavy (non-hydrogen) atoms. The number of hydrogen-bond acceptors (Lipinski definition) is 5. The molecule has 6 nitrogen and oxygen atoms in total. The van der Waals surface area contributed by atoms with E-state index in [1.165, 1.54) is 13.4 Å². The van der Waals surface area contributed by atoms with E-state index in [1.807, 2.05) is 0 Å². The molecular weight excluding hydrogens is 266 g/mol. The maximum Gasteiger partial charge on any atom is 0.307 e. The van der Waals surface area contributed by atoms with Gasteiger partial charge in [0.1, 0.15) is 10.3 Å². The fourth-order valence-electron chi connectivity index (χ4n) is 0.891. The zero-order valence-electron chi connectivity index (χ0n) is 8.04. The van der Waals surface area contributed by atoms with Crippen LogP contribution in [-0.2, 0) is 9.53 Å². The highest BCUT2D eigenvalue weighted by atomic mass is 79.9. The second-order valence-corrected chi connectivity index (χ2v) is 3.44. The van der Waals surface area contributed by atoms with Crippen LogP contribution in [0.2, 0.25) is 0 Å². The summed E-state index contributed by atoms with van der Waals surface area (Å²) in [5.74, 6) is 0.0890. The van der Waals surface area contributed by atoms with Crippen molar-refractivity contribution in [3.8, 4) is 0 Å². The number of H-pyrrole nitrogens is 1. The van der Waals surface area contributed by atoms with Crippen LogP contribution in [-0.4, -0.2) is 29.6 Å². The number of ether oxygens (including phenoxy) is 1. The fourth-order valence-corrected chi connectivity index (χ4v) is 1.25. The molecule has 0 radical (unpaired) electrons. The van der Waals surface area contributed by atoms with Gasteiger partial charge in [0, 0.05) is 6.54 Å². The number of carbonyl (C=O) groups is 1. The van der Waals surface area contributed by atoms with E-state index in [2.05, 4.69) is 36.0 Å². The summed E-state index contributed by atoms with van der Waals surface area (Å²) < 4.78 is 4.78. The number of carbonyl (C=O) groups excluding carboxylic acids is 1. The molecule has 2 N–H and O–H groups in total. The van der Waals surface area contributed by atoms with Crippen LogP contribution in [0.5, 0.6) is 0 Å². The van der Waals surface area contributed by atoms with Gasteiger partial charge in [0.25, 0.3) is 5.56 Å². The topological polar surface area (TPSA) is 84.1 Å². The van der Waals surface area contributed by atoms with E-state index in [9.17, 15) is 9.59 Å².